The summed E-state index contributed by atoms with van der Waals surface area (Å²) >= 11 is 0. The van der Waals surface area contributed by atoms with E-state index in [1.807, 2.05) is 6.07 Å². The van der Waals surface area contributed by atoms with Gasteiger partial charge in [0.25, 0.3) is 0 Å². The Morgan fingerprint density at radius 2 is 2.00 bits per heavy atom. The number of rotatable bonds is 4. The lowest BCUT2D eigenvalue weighted by Gasteiger charge is -2.08. The number of benzene rings is 1. The maximum absolute atomic E-state index is 13.7. The zero-order chi connectivity index (χ0) is 16.6. The molecule has 0 saturated carbocycles. The Kier molecular flexibility index (Phi) is 3.91. The van der Waals surface area contributed by atoms with E-state index in [4.69, 9.17) is 7.85 Å². The van der Waals surface area contributed by atoms with Crippen LogP contribution in [0.1, 0.15) is 5.69 Å². The highest BCUT2D eigenvalue weighted by Crippen LogP contribution is 2.16. The van der Waals surface area contributed by atoms with E-state index in [0.29, 0.717) is 23.5 Å². The monoisotopic (exact) mass is 333 g/mol. The van der Waals surface area contributed by atoms with Crippen LogP contribution in [0.3, 0.4) is 0 Å². The largest absolute Gasteiger partial charge is 0.342 e. The number of hydrogen-bond donors (Lipinski definition) is 2. The van der Waals surface area contributed by atoms with Crippen molar-refractivity contribution in [3.63, 3.8) is 0 Å². The van der Waals surface area contributed by atoms with Gasteiger partial charge in [0.05, 0.1) is 6.54 Å². The molecule has 2 heterocycles. The summed E-state index contributed by atoms with van der Waals surface area (Å²) in [5.41, 5.74) is 0.688. The van der Waals surface area contributed by atoms with Crippen LogP contribution in [0.25, 0.3) is 11.0 Å². The minimum absolute atomic E-state index is 0.121. The first-order chi connectivity index (χ1) is 10.9. The van der Waals surface area contributed by atoms with E-state index in [1.165, 1.54) is 0 Å². The minimum atomic E-state index is -4.23. The molecule has 1 aromatic carbocycles. The summed E-state index contributed by atoms with van der Waals surface area (Å²) in [7, 11) is 0.972. The van der Waals surface area contributed by atoms with Crippen molar-refractivity contribution in [3.05, 3.63) is 53.9 Å². The molecule has 0 aliphatic rings. The summed E-state index contributed by atoms with van der Waals surface area (Å²) in [4.78, 5) is 6.22. The maximum atomic E-state index is 13.7. The predicted molar refractivity (Wildman–Crippen MR) is 81.9 cm³/mol. The summed E-state index contributed by atoms with van der Waals surface area (Å²) in [6.07, 6.45) is 1.60. The third-order valence-electron chi connectivity index (χ3n) is 3.24. The highest BCUT2D eigenvalue weighted by molar-refractivity contribution is 7.89. The number of nitrogens with one attached hydrogen (secondary N) is 2. The van der Waals surface area contributed by atoms with Crippen LogP contribution in [0.5, 0.6) is 0 Å². The fourth-order valence-electron chi connectivity index (χ4n) is 2.11. The summed E-state index contributed by atoms with van der Waals surface area (Å²) < 4.78 is 53.6. The standard InChI is InChI=1S/C14H10BF2N3O2S/c15-10-5-12(17)13(6-11(10)16)23(21,22)19-7-9-4-8-2-1-3-18-14(8)20-9/h1-6,19H,7H2,(H,18,20). The highest BCUT2D eigenvalue weighted by Gasteiger charge is 2.21. The third kappa shape index (κ3) is 3.11. The Bertz CT molecular complexity index is 956. The number of aromatic amines is 1. The molecule has 3 rings (SSSR count). The molecule has 2 N–H and O–H groups in total. The van der Waals surface area contributed by atoms with Gasteiger partial charge in [-0.25, -0.2) is 26.9 Å². The molecule has 9 heteroatoms. The Hall–Kier alpha value is -2.26. The van der Waals surface area contributed by atoms with E-state index < -0.39 is 32.0 Å². The van der Waals surface area contributed by atoms with Gasteiger partial charge < -0.3 is 4.98 Å². The fourth-order valence-corrected chi connectivity index (χ4v) is 3.19. The van der Waals surface area contributed by atoms with Crippen molar-refractivity contribution in [3.8, 4) is 0 Å². The van der Waals surface area contributed by atoms with Gasteiger partial charge in [0.15, 0.2) is 0 Å². The number of halogens is 2. The van der Waals surface area contributed by atoms with E-state index in [9.17, 15) is 17.2 Å². The summed E-state index contributed by atoms with van der Waals surface area (Å²) in [5, 5.41) is 0.811. The van der Waals surface area contributed by atoms with Crippen molar-refractivity contribution >= 4 is 34.4 Å². The van der Waals surface area contributed by atoms with Crippen LogP contribution in [0.4, 0.5) is 8.78 Å². The number of pyridine rings is 1. The van der Waals surface area contributed by atoms with Crippen molar-refractivity contribution in [2.45, 2.75) is 11.4 Å². The lowest BCUT2D eigenvalue weighted by atomic mass is 9.96. The van der Waals surface area contributed by atoms with Crippen LogP contribution in [-0.2, 0) is 16.6 Å². The highest BCUT2D eigenvalue weighted by atomic mass is 32.2. The van der Waals surface area contributed by atoms with E-state index in [0.717, 1.165) is 5.39 Å². The Labute approximate surface area is 132 Å². The molecule has 0 fully saturated rings. The molecule has 0 aliphatic carbocycles. The van der Waals surface area contributed by atoms with Gasteiger partial charge >= 0.3 is 0 Å². The molecule has 116 valence electrons. The summed E-state index contributed by atoms with van der Waals surface area (Å²) in [6, 6.07) is 6.46. The molecule has 0 amide bonds. The zero-order valence-corrected chi connectivity index (χ0v) is 12.5. The van der Waals surface area contributed by atoms with Gasteiger partial charge in [0, 0.05) is 17.3 Å². The first-order valence-corrected chi connectivity index (χ1v) is 8.02. The van der Waals surface area contributed by atoms with E-state index >= 15 is 0 Å². The van der Waals surface area contributed by atoms with Crippen molar-refractivity contribution in [2.75, 3.05) is 0 Å². The van der Waals surface area contributed by atoms with Gasteiger partial charge in [-0.2, -0.15) is 0 Å². The predicted octanol–water partition coefficient (Wildman–Crippen LogP) is 1.11. The molecule has 2 radical (unpaired) electrons. The molecule has 5 nitrogen and oxygen atoms in total. The smallest absolute Gasteiger partial charge is 0.243 e. The second-order valence-corrected chi connectivity index (χ2v) is 6.60. The third-order valence-corrected chi connectivity index (χ3v) is 4.66. The van der Waals surface area contributed by atoms with Crippen LogP contribution in [0.2, 0.25) is 0 Å². The number of sulfonamides is 1. The molecule has 0 unspecified atom stereocenters. The van der Waals surface area contributed by atoms with Crippen molar-refractivity contribution < 1.29 is 17.2 Å². The zero-order valence-electron chi connectivity index (χ0n) is 11.7. The van der Waals surface area contributed by atoms with E-state index in [2.05, 4.69) is 14.7 Å². The van der Waals surface area contributed by atoms with Crippen LogP contribution in [0, 0.1) is 11.6 Å². The molecular formula is C14H10BF2N3O2S. The minimum Gasteiger partial charge on any atom is -0.342 e. The second kappa shape index (κ2) is 5.75. The molecule has 2 aromatic heterocycles. The van der Waals surface area contributed by atoms with Crippen molar-refractivity contribution in [2.24, 2.45) is 0 Å². The first-order valence-electron chi connectivity index (χ1n) is 6.53. The van der Waals surface area contributed by atoms with E-state index in [1.54, 1.807) is 18.3 Å². The number of nitrogens with zero attached hydrogens (tertiary/aromatic N) is 1. The lowest BCUT2D eigenvalue weighted by molar-refractivity contribution is 0.548. The summed E-state index contributed by atoms with van der Waals surface area (Å²) in [6.45, 7) is -0.121. The van der Waals surface area contributed by atoms with Crippen LogP contribution in [-0.4, -0.2) is 26.2 Å². The normalized spacial score (nSPS) is 11.9. The van der Waals surface area contributed by atoms with Gasteiger partial charge in [0.1, 0.15) is 30.0 Å². The molecule has 3 aromatic rings. The maximum Gasteiger partial charge on any atom is 0.243 e. The van der Waals surface area contributed by atoms with Gasteiger partial charge in [-0.1, -0.05) is 5.46 Å². The Morgan fingerprint density at radius 1 is 1.22 bits per heavy atom. The molecule has 0 bridgehead atoms. The molecule has 0 atom stereocenters. The average molecular weight is 333 g/mol. The average Bonchev–Trinajstić information content (AvgIpc) is 2.92. The number of H-pyrrole nitrogens is 1. The first kappa shape index (κ1) is 15.6. The molecule has 0 saturated heterocycles. The Morgan fingerprint density at radius 3 is 2.74 bits per heavy atom. The molecule has 0 spiro atoms. The van der Waals surface area contributed by atoms with Gasteiger partial charge in [-0.15, -0.1) is 0 Å². The quantitative estimate of drug-likeness (QED) is 0.703. The van der Waals surface area contributed by atoms with Crippen LogP contribution < -0.4 is 10.2 Å². The topological polar surface area (TPSA) is 74.8 Å². The van der Waals surface area contributed by atoms with Crippen molar-refractivity contribution in [1.82, 2.24) is 14.7 Å². The SMILES string of the molecule is [B]c1cc(F)c(S(=O)(=O)NCc2cc3cccnc3[nH]2)cc1F. The summed E-state index contributed by atoms with van der Waals surface area (Å²) in [5.74, 6) is -2.11. The van der Waals surface area contributed by atoms with Crippen LogP contribution >= 0.6 is 0 Å². The van der Waals surface area contributed by atoms with Gasteiger partial charge in [-0.3, -0.25) is 0 Å². The molecular weight excluding hydrogens is 323 g/mol. The number of fused-ring (bicyclic) bond motifs is 1. The number of aromatic nitrogens is 2. The van der Waals surface area contributed by atoms with Crippen LogP contribution in [0.15, 0.2) is 41.4 Å². The second-order valence-electron chi connectivity index (χ2n) is 4.86. The number of hydrogen-bond acceptors (Lipinski definition) is 3. The fraction of sp³-hybridized carbons (Fsp3) is 0.0714. The molecule has 0 aliphatic heterocycles. The Balaban J connectivity index is 1.85. The molecule has 23 heavy (non-hydrogen) atoms. The van der Waals surface area contributed by atoms with Crippen molar-refractivity contribution in [1.29, 1.82) is 0 Å². The van der Waals surface area contributed by atoms with Gasteiger partial charge in [-0.05, 0) is 30.3 Å². The van der Waals surface area contributed by atoms with Gasteiger partial charge in [0.2, 0.25) is 10.0 Å². The lowest BCUT2D eigenvalue weighted by Crippen LogP contribution is -2.25. The van der Waals surface area contributed by atoms with E-state index in [-0.39, 0.29) is 6.54 Å².